The van der Waals surface area contributed by atoms with E-state index in [0.717, 1.165) is 16.8 Å². The van der Waals surface area contributed by atoms with E-state index in [-0.39, 0.29) is 0 Å². The topological polar surface area (TPSA) is 39.4 Å². The molecular weight excluding hydrogens is 334 g/mol. The monoisotopic (exact) mass is 347 g/mol. The van der Waals surface area contributed by atoms with Crippen molar-refractivity contribution in [3.63, 3.8) is 0 Å². The van der Waals surface area contributed by atoms with Gasteiger partial charge in [-0.05, 0) is 24.3 Å². The quantitative estimate of drug-likeness (QED) is 0.446. The van der Waals surface area contributed by atoms with Crippen molar-refractivity contribution in [2.45, 2.75) is 0 Å². The van der Waals surface area contributed by atoms with Crippen LogP contribution >= 0.6 is 0 Å². The first-order valence-electron chi connectivity index (χ1n) is 8.27. The molecule has 126 valence electrons. The highest BCUT2D eigenvalue weighted by Gasteiger charge is 2.17. The van der Waals surface area contributed by atoms with Crippen molar-refractivity contribution in [2.75, 3.05) is 0 Å². The van der Waals surface area contributed by atoms with E-state index in [9.17, 15) is 0 Å². The van der Waals surface area contributed by atoms with Gasteiger partial charge in [-0.2, -0.15) is 0 Å². The van der Waals surface area contributed by atoms with E-state index in [0.29, 0.717) is 23.0 Å². The number of benzene rings is 3. The summed E-state index contributed by atoms with van der Waals surface area (Å²) in [5.41, 5.74) is 3.63. The van der Waals surface area contributed by atoms with E-state index in [2.05, 4.69) is 19.9 Å². The van der Waals surface area contributed by atoms with E-state index < -0.39 is 0 Å². The highest BCUT2D eigenvalue weighted by atomic mass is 15.3. The van der Waals surface area contributed by atoms with Gasteiger partial charge in [0, 0.05) is 16.8 Å². The second-order valence-corrected chi connectivity index (χ2v) is 5.84. The van der Waals surface area contributed by atoms with Crippen molar-refractivity contribution in [2.24, 2.45) is 0 Å². The molecule has 0 aliphatic rings. The normalized spacial score (nSPS) is 10.1. The lowest BCUT2D eigenvalue weighted by atomic mass is 10.1. The van der Waals surface area contributed by atoms with Crippen molar-refractivity contribution in [3.05, 3.63) is 102 Å². The molecule has 4 aromatic rings. The first-order valence-corrected chi connectivity index (χ1v) is 8.27. The Labute approximate surface area is 156 Å². The number of rotatable bonds is 3. The molecule has 5 heteroatoms. The highest BCUT2D eigenvalue weighted by molar-refractivity contribution is 5.71. The lowest BCUT2D eigenvalue weighted by molar-refractivity contribution is 1.07. The van der Waals surface area contributed by atoms with Crippen LogP contribution in [0, 0.1) is 13.1 Å². The third-order valence-corrected chi connectivity index (χ3v) is 4.14. The molecule has 0 fully saturated rings. The third kappa shape index (κ3) is 3.06. The van der Waals surface area contributed by atoms with Crippen LogP contribution in [0.2, 0.25) is 0 Å². The predicted octanol–water partition coefficient (Wildman–Crippen LogP) is 5.70. The first-order chi connectivity index (χ1) is 13.3. The van der Waals surface area contributed by atoms with Crippen molar-refractivity contribution < 1.29 is 0 Å². The maximum atomic E-state index is 7.26. The van der Waals surface area contributed by atoms with Gasteiger partial charge < -0.3 is 0 Å². The van der Waals surface area contributed by atoms with Crippen molar-refractivity contribution in [1.82, 2.24) is 14.8 Å². The molecule has 3 aromatic carbocycles. The van der Waals surface area contributed by atoms with Gasteiger partial charge in [0.25, 0.3) is 0 Å². The SMILES string of the molecule is [C-]#[N+]c1cccc(-c2nnc(-c3cccc([N+]#[C-])c3)n2-c2ccccc2)c1. The summed E-state index contributed by atoms with van der Waals surface area (Å²) in [5, 5.41) is 8.81. The summed E-state index contributed by atoms with van der Waals surface area (Å²) >= 11 is 0. The number of para-hydroxylation sites is 1. The summed E-state index contributed by atoms with van der Waals surface area (Å²) in [6.07, 6.45) is 0. The number of hydrogen-bond donors (Lipinski definition) is 0. The largest absolute Gasteiger partial charge is 0.275 e. The zero-order valence-electron chi connectivity index (χ0n) is 14.2. The molecule has 0 atom stereocenters. The van der Waals surface area contributed by atoms with Gasteiger partial charge in [-0.1, -0.05) is 54.6 Å². The molecule has 0 N–H and O–H groups in total. The van der Waals surface area contributed by atoms with E-state index in [1.165, 1.54) is 0 Å². The fourth-order valence-corrected chi connectivity index (χ4v) is 2.91. The first kappa shape index (κ1) is 16.3. The van der Waals surface area contributed by atoms with Crippen LogP contribution < -0.4 is 0 Å². The van der Waals surface area contributed by atoms with Gasteiger partial charge in [-0.3, -0.25) is 4.57 Å². The summed E-state index contributed by atoms with van der Waals surface area (Å²) in [5.74, 6) is 1.30. The standard InChI is InChI=1S/C22H13N5/c1-23-18-10-6-8-16(14-18)21-25-26-22(17-9-7-11-19(15-17)24-2)27(21)20-12-4-3-5-13-20/h3-15H. The van der Waals surface area contributed by atoms with Gasteiger partial charge in [-0.25, -0.2) is 9.69 Å². The van der Waals surface area contributed by atoms with E-state index in [1.807, 2.05) is 59.2 Å². The maximum absolute atomic E-state index is 7.26. The van der Waals surface area contributed by atoms with E-state index in [4.69, 9.17) is 13.1 Å². The molecule has 0 aliphatic heterocycles. The van der Waals surface area contributed by atoms with Crippen LogP contribution in [0.4, 0.5) is 11.4 Å². The van der Waals surface area contributed by atoms with Crippen LogP contribution in [0.5, 0.6) is 0 Å². The molecule has 0 unspecified atom stereocenters. The van der Waals surface area contributed by atoms with Crippen molar-refractivity contribution in [1.29, 1.82) is 0 Å². The van der Waals surface area contributed by atoms with Crippen LogP contribution in [0.1, 0.15) is 0 Å². The average Bonchev–Trinajstić information content (AvgIpc) is 3.19. The molecule has 0 radical (unpaired) electrons. The third-order valence-electron chi connectivity index (χ3n) is 4.14. The van der Waals surface area contributed by atoms with Gasteiger partial charge in [-0.15, -0.1) is 10.2 Å². The molecule has 0 amide bonds. The minimum absolute atomic E-state index is 0.548. The average molecular weight is 347 g/mol. The van der Waals surface area contributed by atoms with Crippen LogP contribution in [0.15, 0.2) is 78.9 Å². The van der Waals surface area contributed by atoms with Gasteiger partial charge in [0.05, 0.1) is 13.1 Å². The highest BCUT2D eigenvalue weighted by Crippen LogP contribution is 2.31. The lowest BCUT2D eigenvalue weighted by Gasteiger charge is -2.11. The smallest absolute Gasteiger partial charge is 0.187 e. The minimum atomic E-state index is 0.548. The van der Waals surface area contributed by atoms with Crippen LogP contribution in [0.25, 0.3) is 38.2 Å². The summed E-state index contributed by atoms with van der Waals surface area (Å²) in [7, 11) is 0. The molecule has 0 aliphatic carbocycles. The number of aromatic nitrogens is 3. The zero-order valence-corrected chi connectivity index (χ0v) is 14.2. The van der Waals surface area contributed by atoms with Gasteiger partial charge in [0.1, 0.15) is 0 Å². The molecule has 4 rings (SSSR count). The molecular formula is C22H13N5. The molecule has 0 bridgehead atoms. The Morgan fingerprint density at radius 2 is 1.15 bits per heavy atom. The van der Waals surface area contributed by atoms with E-state index >= 15 is 0 Å². The summed E-state index contributed by atoms with van der Waals surface area (Å²) in [6.45, 7) is 14.5. The zero-order chi connectivity index (χ0) is 18.6. The minimum Gasteiger partial charge on any atom is -0.275 e. The second kappa shape index (κ2) is 6.95. The Morgan fingerprint density at radius 1 is 0.630 bits per heavy atom. The van der Waals surface area contributed by atoms with Crippen LogP contribution in [-0.4, -0.2) is 14.8 Å². The Hall–Kier alpha value is -4.22. The Bertz CT molecular complexity index is 1120. The number of nitrogens with zero attached hydrogens (tertiary/aromatic N) is 5. The van der Waals surface area contributed by atoms with Gasteiger partial charge in [0.2, 0.25) is 0 Å². The maximum Gasteiger partial charge on any atom is 0.187 e. The molecule has 27 heavy (non-hydrogen) atoms. The van der Waals surface area contributed by atoms with E-state index in [1.54, 1.807) is 24.3 Å². The number of hydrogen-bond acceptors (Lipinski definition) is 2. The van der Waals surface area contributed by atoms with Crippen molar-refractivity contribution >= 4 is 11.4 Å². The van der Waals surface area contributed by atoms with Gasteiger partial charge in [0.15, 0.2) is 23.0 Å². The lowest BCUT2D eigenvalue weighted by Crippen LogP contribution is -2.00. The molecule has 0 spiro atoms. The molecule has 1 heterocycles. The Balaban J connectivity index is 1.97. The molecule has 1 aromatic heterocycles. The summed E-state index contributed by atoms with van der Waals surface area (Å²) < 4.78 is 1.95. The molecule has 0 saturated carbocycles. The summed E-state index contributed by atoms with van der Waals surface area (Å²) in [4.78, 5) is 7.01. The molecule has 5 nitrogen and oxygen atoms in total. The predicted molar refractivity (Wildman–Crippen MR) is 105 cm³/mol. The van der Waals surface area contributed by atoms with Crippen LogP contribution in [-0.2, 0) is 0 Å². The van der Waals surface area contributed by atoms with Crippen LogP contribution in [0.3, 0.4) is 0 Å². The fraction of sp³-hybridized carbons (Fsp3) is 0. The van der Waals surface area contributed by atoms with Gasteiger partial charge >= 0.3 is 0 Å². The molecule has 0 saturated heterocycles. The van der Waals surface area contributed by atoms with Crippen molar-refractivity contribution in [3.8, 4) is 28.5 Å². The Kier molecular flexibility index (Phi) is 4.19. The second-order valence-electron chi connectivity index (χ2n) is 5.84. The Morgan fingerprint density at radius 3 is 1.63 bits per heavy atom. The fourth-order valence-electron chi connectivity index (χ4n) is 2.91. The summed E-state index contributed by atoms with van der Waals surface area (Å²) in [6, 6.07) is 24.5.